The van der Waals surface area contributed by atoms with E-state index in [0.717, 1.165) is 35.0 Å². The Labute approximate surface area is 172 Å². The molecule has 6 nitrogen and oxygen atoms in total. The Morgan fingerprint density at radius 1 is 1.14 bits per heavy atom. The molecule has 0 spiro atoms. The lowest BCUT2D eigenvalue weighted by molar-refractivity contribution is 0.0604. The molecule has 0 bridgehead atoms. The second kappa shape index (κ2) is 7.89. The lowest BCUT2D eigenvalue weighted by atomic mass is 10.0. The van der Waals surface area contributed by atoms with Gasteiger partial charge in [0.05, 0.1) is 22.7 Å². The first-order chi connectivity index (χ1) is 13.9. The zero-order chi connectivity index (χ0) is 20.6. The minimum absolute atomic E-state index is 0.135. The van der Waals surface area contributed by atoms with Gasteiger partial charge in [-0.25, -0.2) is 12.9 Å². The second-order valence-electron chi connectivity index (χ2n) is 7.84. The molecule has 1 aliphatic heterocycles. The molecule has 4 rings (SSSR count). The Balaban J connectivity index is 1.76. The number of nitrogens with zero attached hydrogens (tertiary/aromatic N) is 3. The van der Waals surface area contributed by atoms with Gasteiger partial charge in [0.1, 0.15) is 0 Å². The maximum absolute atomic E-state index is 13.4. The van der Waals surface area contributed by atoms with Crippen LogP contribution in [0.25, 0.3) is 16.6 Å². The van der Waals surface area contributed by atoms with E-state index in [1.807, 2.05) is 41.2 Å². The predicted octanol–water partition coefficient (Wildman–Crippen LogP) is 3.92. The summed E-state index contributed by atoms with van der Waals surface area (Å²) >= 11 is 0. The first-order valence-corrected chi connectivity index (χ1v) is 11.5. The van der Waals surface area contributed by atoms with E-state index < -0.39 is 10.0 Å². The van der Waals surface area contributed by atoms with Crippen LogP contribution in [0.4, 0.5) is 0 Å². The number of hydrogen-bond donors (Lipinski definition) is 0. The summed E-state index contributed by atoms with van der Waals surface area (Å²) in [6.45, 7) is 5.22. The largest absolute Gasteiger partial charge is 0.381 e. The van der Waals surface area contributed by atoms with Gasteiger partial charge in [0.15, 0.2) is 0 Å². The lowest BCUT2D eigenvalue weighted by Gasteiger charge is -2.31. The number of rotatable bonds is 5. The van der Waals surface area contributed by atoms with E-state index in [4.69, 9.17) is 4.74 Å². The Morgan fingerprint density at radius 2 is 1.86 bits per heavy atom. The van der Waals surface area contributed by atoms with Gasteiger partial charge in [0.2, 0.25) is 10.0 Å². The number of pyridine rings is 1. The Hall–Kier alpha value is -2.22. The van der Waals surface area contributed by atoms with Gasteiger partial charge in [0, 0.05) is 37.5 Å². The number of ether oxygens (including phenoxy) is 1. The maximum Gasteiger partial charge on any atom is 0.243 e. The van der Waals surface area contributed by atoms with Crippen molar-refractivity contribution in [3.63, 3.8) is 0 Å². The normalized spacial score (nSPS) is 16.7. The predicted molar refractivity (Wildman–Crippen MR) is 114 cm³/mol. The molecule has 3 heterocycles. The molecule has 2 aromatic heterocycles. The highest BCUT2D eigenvalue weighted by atomic mass is 32.2. The van der Waals surface area contributed by atoms with Gasteiger partial charge in [-0.15, -0.1) is 0 Å². The van der Waals surface area contributed by atoms with Gasteiger partial charge in [-0.3, -0.25) is 0 Å². The minimum atomic E-state index is -3.58. The van der Waals surface area contributed by atoms with Crippen molar-refractivity contribution in [3.05, 3.63) is 54.4 Å². The molecule has 154 valence electrons. The van der Waals surface area contributed by atoms with E-state index in [0.29, 0.717) is 23.9 Å². The first kappa shape index (κ1) is 20.1. The van der Waals surface area contributed by atoms with Crippen LogP contribution >= 0.6 is 0 Å². The molecular weight excluding hydrogens is 386 g/mol. The third-order valence-electron chi connectivity index (χ3n) is 5.72. The Bertz CT molecular complexity index is 1110. The molecule has 3 aromatic rings. The van der Waals surface area contributed by atoms with Crippen molar-refractivity contribution in [1.82, 2.24) is 13.9 Å². The zero-order valence-electron chi connectivity index (χ0n) is 17.1. The summed E-state index contributed by atoms with van der Waals surface area (Å²) < 4.78 is 35.7. The molecule has 0 radical (unpaired) electrons. The minimum Gasteiger partial charge on any atom is -0.381 e. The van der Waals surface area contributed by atoms with Crippen molar-refractivity contribution in [2.45, 2.75) is 43.6 Å². The summed E-state index contributed by atoms with van der Waals surface area (Å²) in [4.78, 5) is 0.353. The fourth-order valence-corrected chi connectivity index (χ4v) is 5.67. The maximum atomic E-state index is 13.4. The van der Waals surface area contributed by atoms with E-state index in [-0.39, 0.29) is 6.10 Å². The van der Waals surface area contributed by atoms with Crippen molar-refractivity contribution in [3.8, 4) is 11.1 Å². The molecule has 1 saturated heterocycles. The van der Waals surface area contributed by atoms with Gasteiger partial charge >= 0.3 is 0 Å². The lowest BCUT2D eigenvalue weighted by Crippen LogP contribution is -2.40. The van der Waals surface area contributed by atoms with Crippen molar-refractivity contribution in [2.75, 3.05) is 20.2 Å². The topological polar surface area (TPSA) is 63.9 Å². The Kier molecular flexibility index (Phi) is 5.46. The van der Waals surface area contributed by atoms with Crippen molar-refractivity contribution in [1.29, 1.82) is 0 Å². The fourth-order valence-electron chi connectivity index (χ4n) is 3.99. The molecule has 0 aliphatic carbocycles. The standard InChI is InChI=1S/C22H27N3O3S/c1-16(2)20-15-23-25-13-8-17(14-21(20)25)19-6-4-5-7-22(19)29(26,27)24-11-9-18(28-3)10-12-24/h4-8,13-16,18H,9-12H2,1-3H3. The van der Waals surface area contributed by atoms with E-state index >= 15 is 0 Å². The summed E-state index contributed by atoms with van der Waals surface area (Å²) in [5, 5.41) is 4.41. The van der Waals surface area contributed by atoms with Crippen LogP contribution in [0, 0.1) is 0 Å². The number of benzene rings is 1. The number of piperidine rings is 1. The summed E-state index contributed by atoms with van der Waals surface area (Å²) in [5.74, 6) is 0.337. The van der Waals surface area contributed by atoms with Crippen molar-refractivity contribution in [2.24, 2.45) is 0 Å². The van der Waals surface area contributed by atoms with Gasteiger partial charge in [-0.1, -0.05) is 32.0 Å². The number of sulfonamides is 1. The molecule has 0 atom stereocenters. The van der Waals surface area contributed by atoms with Gasteiger partial charge < -0.3 is 4.74 Å². The molecule has 29 heavy (non-hydrogen) atoms. The van der Waals surface area contributed by atoms with Crippen molar-refractivity contribution >= 4 is 15.5 Å². The molecule has 7 heteroatoms. The van der Waals surface area contributed by atoms with Crippen LogP contribution in [0.5, 0.6) is 0 Å². The van der Waals surface area contributed by atoms with Crippen molar-refractivity contribution < 1.29 is 13.2 Å². The van der Waals surface area contributed by atoms with E-state index in [2.05, 4.69) is 18.9 Å². The van der Waals surface area contributed by atoms with Crippen LogP contribution in [0.15, 0.2) is 53.7 Å². The SMILES string of the molecule is COC1CCN(S(=O)(=O)c2ccccc2-c2ccn3ncc(C(C)C)c3c2)CC1. The quantitative estimate of drug-likeness (QED) is 0.636. The van der Waals surface area contributed by atoms with Crippen LogP contribution in [0.2, 0.25) is 0 Å². The summed E-state index contributed by atoms with van der Waals surface area (Å²) in [5.41, 5.74) is 3.75. The summed E-state index contributed by atoms with van der Waals surface area (Å²) in [6, 6.07) is 11.2. The molecule has 1 fully saturated rings. The van der Waals surface area contributed by atoms with E-state index in [1.165, 1.54) is 0 Å². The first-order valence-electron chi connectivity index (χ1n) is 10.0. The smallest absolute Gasteiger partial charge is 0.243 e. The highest BCUT2D eigenvalue weighted by Crippen LogP contribution is 2.32. The van der Waals surface area contributed by atoms with E-state index in [9.17, 15) is 8.42 Å². The van der Waals surface area contributed by atoms with Crippen LogP contribution in [-0.4, -0.2) is 48.6 Å². The van der Waals surface area contributed by atoms with Gasteiger partial charge in [0.25, 0.3) is 0 Å². The monoisotopic (exact) mass is 413 g/mol. The summed E-state index contributed by atoms with van der Waals surface area (Å²) in [7, 11) is -1.90. The molecule has 0 N–H and O–H groups in total. The molecule has 1 aliphatic rings. The van der Waals surface area contributed by atoms with Crippen LogP contribution < -0.4 is 0 Å². The highest BCUT2D eigenvalue weighted by Gasteiger charge is 2.31. The zero-order valence-corrected chi connectivity index (χ0v) is 17.9. The number of hydrogen-bond acceptors (Lipinski definition) is 4. The van der Waals surface area contributed by atoms with Crippen LogP contribution in [0.3, 0.4) is 0 Å². The molecule has 0 amide bonds. The molecular formula is C22H27N3O3S. The molecule has 0 saturated carbocycles. The van der Waals surface area contributed by atoms with Crippen LogP contribution in [-0.2, 0) is 14.8 Å². The van der Waals surface area contributed by atoms with Gasteiger partial charge in [-0.05, 0) is 42.5 Å². The average molecular weight is 414 g/mol. The Morgan fingerprint density at radius 3 is 2.55 bits per heavy atom. The second-order valence-corrected chi connectivity index (χ2v) is 9.74. The van der Waals surface area contributed by atoms with Gasteiger partial charge in [-0.2, -0.15) is 9.40 Å². The van der Waals surface area contributed by atoms with E-state index in [1.54, 1.807) is 23.5 Å². The van der Waals surface area contributed by atoms with Crippen LogP contribution in [0.1, 0.15) is 38.2 Å². The average Bonchev–Trinajstić information content (AvgIpc) is 3.17. The summed E-state index contributed by atoms with van der Waals surface area (Å²) in [6.07, 6.45) is 5.35. The highest BCUT2D eigenvalue weighted by molar-refractivity contribution is 7.89. The third kappa shape index (κ3) is 3.70. The number of methoxy groups -OCH3 is 1. The number of fused-ring (bicyclic) bond motifs is 1. The fraction of sp³-hybridized carbons (Fsp3) is 0.409. The molecule has 1 aromatic carbocycles. The molecule has 0 unspecified atom stereocenters. The number of aromatic nitrogens is 2. The third-order valence-corrected chi connectivity index (χ3v) is 7.68.